The summed E-state index contributed by atoms with van der Waals surface area (Å²) in [5.41, 5.74) is 1.38. The van der Waals surface area contributed by atoms with Crippen LogP contribution in [-0.4, -0.2) is 34.1 Å². The fourth-order valence-corrected chi connectivity index (χ4v) is 3.18. The van der Waals surface area contributed by atoms with Crippen LogP contribution in [0.5, 0.6) is 0 Å². The molecule has 1 heterocycles. The van der Waals surface area contributed by atoms with Crippen molar-refractivity contribution in [1.82, 2.24) is 15.1 Å². The number of halogens is 2. The van der Waals surface area contributed by atoms with E-state index in [-0.39, 0.29) is 12.5 Å². The predicted molar refractivity (Wildman–Crippen MR) is 110 cm³/mol. The zero-order chi connectivity index (χ0) is 19.9. The topological polar surface area (TPSA) is 71.3 Å². The van der Waals surface area contributed by atoms with E-state index in [9.17, 15) is 4.79 Å². The van der Waals surface area contributed by atoms with E-state index in [1.54, 1.807) is 18.2 Å². The molecule has 0 bridgehead atoms. The monoisotopic (exact) mass is 418 g/mol. The van der Waals surface area contributed by atoms with Gasteiger partial charge in [-0.1, -0.05) is 48.3 Å². The number of hydrogen-bond donors (Lipinski definition) is 1. The molecule has 1 N–H and O–H groups in total. The van der Waals surface area contributed by atoms with E-state index in [1.165, 1.54) is 0 Å². The number of aromatic nitrogens is 2. The molecule has 0 atom stereocenters. The lowest BCUT2D eigenvalue weighted by molar-refractivity contribution is -0.117. The lowest BCUT2D eigenvalue weighted by Gasteiger charge is -2.19. The molecule has 1 amide bonds. The maximum absolute atomic E-state index is 12.4. The second-order valence-corrected chi connectivity index (χ2v) is 7.09. The Morgan fingerprint density at radius 3 is 2.64 bits per heavy atom. The van der Waals surface area contributed by atoms with Crippen molar-refractivity contribution in [3.63, 3.8) is 0 Å². The van der Waals surface area contributed by atoms with Crippen LogP contribution in [0.25, 0.3) is 11.5 Å². The van der Waals surface area contributed by atoms with Crippen LogP contribution in [0.4, 0.5) is 5.69 Å². The van der Waals surface area contributed by atoms with Gasteiger partial charge in [0.2, 0.25) is 17.7 Å². The zero-order valence-electron chi connectivity index (χ0n) is 15.4. The Kier molecular flexibility index (Phi) is 7.03. The summed E-state index contributed by atoms with van der Waals surface area (Å²) in [6.07, 6.45) is 0.884. The first-order valence-electron chi connectivity index (χ1n) is 8.90. The number of amides is 1. The van der Waals surface area contributed by atoms with Gasteiger partial charge in [0.05, 0.1) is 23.8 Å². The molecular weight excluding hydrogens is 399 g/mol. The van der Waals surface area contributed by atoms with Crippen molar-refractivity contribution in [3.05, 3.63) is 64.5 Å². The average Bonchev–Trinajstić information content (AvgIpc) is 3.13. The molecule has 0 radical (unpaired) electrons. The van der Waals surface area contributed by atoms with Crippen LogP contribution in [0.1, 0.15) is 19.2 Å². The minimum atomic E-state index is -0.180. The maximum atomic E-state index is 12.4. The third-order valence-corrected chi connectivity index (χ3v) is 4.51. The number of rotatable bonds is 8. The van der Waals surface area contributed by atoms with Gasteiger partial charge < -0.3 is 9.73 Å². The summed E-state index contributed by atoms with van der Waals surface area (Å²) in [5.74, 6) is 0.745. The largest absolute Gasteiger partial charge is 0.419 e. The molecule has 0 saturated heterocycles. The summed E-state index contributed by atoms with van der Waals surface area (Å²) in [4.78, 5) is 14.4. The van der Waals surface area contributed by atoms with Crippen molar-refractivity contribution < 1.29 is 9.21 Å². The van der Waals surface area contributed by atoms with Crippen molar-refractivity contribution in [1.29, 1.82) is 0 Å². The Morgan fingerprint density at radius 2 is 1.93 bits per heavy atom. The second kappa shape index (κ2) is 9.68. The third-order valence-electron chi connectivity index (χ3n) is 3.96. The van der Waals surface area contributed by atoms with Crippen molar-refractivity contribution in [3.8, 4) is 11.5 Å². The van der Waals surface area contributed by atoms with Crippen molar-refractivity contribution >= 4 is 34.8 Å². The number of benzene rings is 2. The predicted octanol–water partition coefficient (Wildman–Crippen LogP) is 4.89. The van der Waals surface area contributed by atoms with Crippen LogP contribution in [-0.2, 0) is 11.3 Å². The molecule has 2 aromatic carbocycles. The maximum Gasteiger partial charge on any atom is 0.247 e. The average molecular weight is 419 g/mol. The summed E-state index contributed by atoms with van der Waals surface area (Å²) in [5, 5.41) is 11.9. The van der Waals surface area contributed by atoms with Crippen LogP contribution in [0.15, 0.2) is 52.9 Å². The molecule has 0 unspecified atom stereocenters. The fourth-order valence-electron chi connectivity index (χ4n) is 2.72. The van der Waals surface area contributed by atoms with Gasteiger partial charge in [-0.15, -0.1) is 10.2 Å². The van der Waals surface area contributed by atoms with Gasteiger partial charge in [-0.2, -0.15) is 0 Å². The highest BCUT2D eigenvalue weighted by Crippen LogP contribution is 2.25. The number of carbonyl (C=O) groups is 1. The summed E-state index contributed by atoms with van der Waals surface area (Å²) >= 11 is 12.0. The molecule has 146 valence electrons. The van der Waals surface area contributed by atoms with E-state index in [1.807, 2.05) is 42.2 Å². The van der Waals surface area contributed by atoms with E-state index < -0.39 is 0 Å². The van der Waals surface area contributed by atoms with Gasteiger partial charge >= 0.3 is 0 Å². The molecule has 0 aliphatic carbocycles. The molecule has 3 aromatic rings. The lowest BCUT2D eigenvalue weighted by atomic mass is 10.2. The molecule has 0 saturated carbocycles. The Balaban J connectivity index is 1.63. The Hall–Kier alpha value is -2.41. The minimum absolute atomic E-state index is 0.176. The number of nitrogens with zero attached hydrogens (tertiary/aromatic N) is 3. The summed E-state index contributed by atoms with van der Waals surface area (Å²) in [6.45, 7) is 3.32. The van der Waals surface area contributed by atoms with Gasteiger partial charge in [-0.3, -0.25) is 9.69 Å². The SMILES string of the molecule is CCCN(CC(=O)Nc1ccc(Cl)cc1Cl)Cc1nnc(-c2ccccc2)o1. The summed E-state index contributed by atoms with van der Waals surface area (Å²) in [6, 6.07) is 14.5. The zero-order valence-corrected chi connectivity index (χ0v) is 16.9. The third kappa shape index (κ3) is 5.55. The second-order valence-electron chi connectivity index (χ2n) is 6.25. The van der Waals surface area contributed by atoms with Crippen LogP contribution >= 0.6 is 23.2 Å². The van der Waals surface area contributed by atoms with E-state index in [0.29, 0.717) is 40.6 Å². The highest BCUT2D eigenvalue weighted by molar-refractivity contribution is 6.36. The van der Waals surface area contributed by atoms with Crippen molar-refractivity contribution in [2.45, 2.75) is 19.9 Å². The molecule has 0 fully saturated rings. The fraction of sp³-hybridized carbons (Fsp3) is 0.250. The Labute approximate surface area is 173 Å². The molecule has 1 aromatic heterocycles. The van der Waals surface area contributed by atoms with Crippen LogP contribution in [0.3, 0.4) is 0 Å². The van der Waals surface area contributed by atoms with E-state index in [4.69, 9.17) is 27.6 Å². The molecule has 3 rings (SSSR count). The van der Waals surface area contributed by atoms with Crippen LogP contribution in [0, 0.1) is 0 Å². The number of anilines is 1. The molecule has 8 heteroatoms. The molecular formula is C20H20Cl2N4O2. The number of nitrogens with one attached hydrogen (secondary N) is 1. The molecule has 0 spiro atoms. The smallest absolute Gasteiger partial charge is 0.247 e. The highest BCUT2D eigenvalue weighted by atomic mass is 35.5. The highest BCUT2D eigenvalue weighted by Gasteiger charge is 2.16. The van der Waals surface area contributed by atoms with Gasteiger partial charge in [0.25, 0.3) is 0 Å². The van der Waals surface area contributed by atoms with Gasteiger partial charge in [-0.25, -0.2) is 0 Å². The van der Waals surface area contributed by atoms with Crippen molar-refractivity contribution in [2.75, 3.05) is 18.4 Å². The Bertz CT molecular complexity index is 931. The van der Waals surface area contributed by atoms with Gasteiger partial charge in [0.15, 0.2) is 0 Å². The number of hydrogen-bond acceptors (Lipinski definition) is 5. The molecule has 6 nitrogen and oxygen atoms in total. The van der Waals surface area contributed by atoms with Gasteiger partial charge in [-0.05, 0) is 43.3 Å². The molecule has 0 aliphatic heterocycles. The lowest BCUT2D eigenvalue weighted by Crippen LogP contribution is -2.33. The van der Waals surface area contributed by atoms with E-state index >= 15 is 0 Å². The van der Waals surface area contributed by atoms with E-state index in [2.05, 4.69) is 15.5 Å². The normalized spacial score (nSPS) is 11.0. The van der Waals surface area contributed by atoms with Crippen molar-refractivity contribution in [2.24, 2.45) is 0 Å². The van der Waals surface area contributed by atoms with Gasteiger partial charge in [0.1, 0.15) is 0 Å². The first-order valence-corrected chi connectivity index (χ1v) is 9.66. The first kappa shape index (κ1) is 20.3. The quantitative estimate of drug-likeness (QED) is 0.563. The van der Waals surface area contributed by atoms with E-state index in [0.717, 1.165) is 12.0 Å². The summed E-state index contributed by atoms with van der Waals surface area (Å²) < 4.78 is 5.75. The standard InChI is InChI=1S/C20H20Cl2N4O2/c1-2-10-26(12-18(27)23-17-9-8-15(21)11-16(17)22)13-19-24-25-20(28-19)14-6-4-3-5-7-14/h3-9,11H,2,10,12-13H2,1H3,(H,23,27). The summed E-state index contributed by atoms with van der Waals surface area (Å²) in [7, 11) is 0. The Morgan fingerprint density at radius 1 is 1.14 bits per heavy atom. The van der Waals surface area contributed by atoms with Crippen LogP contribution < -0.4 is 5.32 Å². The molecule has 0 aliphatic rings. The number of carbonyl (C=O) groups excluding carboxylic acids is 1. The minimum Gasteiger partial charge on any atom is -0.419 e. The first-order chi connectivity index (χ1) is 13.5. The van der Waals surface area contributed by atoms with Crippen LogP contribution in [0.2, 0.25) is 10.0 Å². The van der Waals surface area contributed by atoms with Gasteiger partial charge in [0, 0.05) is 10.6 Å². The molecule has 28 heavy (non-hydrogen) atoms.